The minimum absolute atomic E-state index is 0.0107. The second-order valence-corrected chi connectivity index (χ2v) is 5.48. The van der Waals surface area contributed by atoms with Crippen LogP contribution in [-0.4, -0.2) is 17.9 Å². The van der Waals surface area contributed by atoms with E-state index in [1.807, 2.05) is 12.1 Å². The smallest absolute Gasteiger partial charge is 0.164 e. The SMILES string of the molecule is COc1cccc([C@@H]2CC(C(C)(C)C)=NO2)c1O. The van der Waals surface area contributed by atoms with Gasteiger partial charge in [0.2, 0.25) is 0 Å². The maximum atomic E-state index is 10.1. The van der Waals surface area contributed by atoms with Crippen molar-refractivity contribution in [2.24, 2.45) is 10.6 Å². The Morgan fingerprint density at radius 2 is 2.11 bits per heavy atom. The lowest BCUT2D eigenvalue weighted by Crippen LogP contribution is -2.18. The molecule has 0 aliphatic carbocycles. The van der Waals surface area contributed by atoms with Crippen molar-refractivity contribution in [2.45, 2.75) is 33.3 Å². The Morgan fingerprint density at radius 3 is 2.67 bits per heavy atom. The molecule has 1 heterocycles. The highest BCUT2D eigenvalue weighted by Gasteiger charge is 2.32. The topological polar surface area (TPSA) is 51.0 Å². The first-order chi connectivity index (χ1) is 8.43. The molecule has 0 bridgehead atoms. The quantitative estimate of drug-likeness (QED) is 0.875. The average molecular weight is 249 g/mol. The second-order valence-electron chi connectivity index (χ2n) is 5.48. The molecule has 0 radical (unpaired) electrons. The monoisotopic (exact) mass is 249 g/mol. The summed E-state index contributed by atoms with van der Waals surface area (Å²) >= 11 is 0. The molecule has 1 aromatic carbocycles. The Morgan fingerprint density at radius 1 is 1.39 bits per heavy atom. The number of aromatic hydroxyl groups is 1. The van der Waals surface area contributed by atoms with Crippen molar-refractivity contribution in [3.63, 3.8) is 0 Å². The van der Waals surface area contributed by atoms with Crippen molar-refractivity contribution in [3.05, 3.63) is 23.8 Å². The summed E-state index contributed by atoms with van der Waals surface area (Å²) in [6.07, 6.45) is 0.471. The first-order valence-corrected chi connectivity index (χ1v) is 6.02. The average Bonchev–Trinajstić information content (AvgIpc) is 2.78. The molecule has 1 aliphatic rings. The molecule has 98 valence electrons. The number of oxime groups is 1. The van der Waals surface area contributed by atoms with Gasteiger partial charge in [0.05, 0.1) is 12.8 Å². The Hall–Kier alpha value is -1.71. The number of phenolic OH excluding ortho intramolecular Hbond substituents is 1. The maximum Gasteiger partial charge on any atom is 0.164 e. The minimum Gasteiger partial charge on any atom is -0.504 e. The Bertz CT molecular complexity index is 474. The fraction of sp³-hybridized carbons (Fsp3) is 0.500. The van der Waals surface area contributed by atoms with Crippen molar-refractivity contribution in [1.82, 2.24) is 0 Å². The number of methoxy groups -OCH3 is 1. The number of hydrogen-bond donors (Lipinski definition) is 1. The summed E-state index contributed by atoms with van der Waals surface area (Å²) in [6.45, 7) is 6.30. The van der Waals surface area contributed by atoms with E-state index in [0.717, 1.165) is 11.3 Å². The highest BCUT2D eigenvalue weighted by molar-refractivity contribution is 5.90. The van der Waals surface area contributed by atoms with Crippen LogP contribution in [0.25, 0.3) is 0 Å². The van der Waals surface area contributed by atoms with Crippen LogP contribution in [0.3, 0.4) is 0 Å². The van der Waals surface area contributed by atoms with Crippen molar-refractivity contribution < 1.29 is 14.7 Å². The summed E-state index contributed by atoms with van der Waals surface area (Å²) in [5.41, 5.74) is 1.72. The van der Waals surface area contributed by atoms with Gasteiger partial charge in [-0.05, 0) is 6.07 Å². The Kier molecular flexibility index (Phi) is 3.20. The van der Waals surface area contributed by atoms with Gasteiger partial charge in [0.25, 0.3) is 0 Å². The number of phenols is 1. The molecule has 0 saturated heterocycles. The van der Waals surface area contributed by atoms with Crippen LogP contribution in [0.5, 0.6) is 11.5 Å². The zero-order valence-corrected chi connectivity index (χ0v) is 11.2. The maximum absolute atomic E-state index is 10.1. The molecule has 0 saturated carbocycles. The molecule has 1 N–H and O–H groups in total. The van der Waals surface area contributed by atoms with E-state index in [0.29, 0.717) is 12.2 Å². The normalized spacial score (nSPS) is 19.3. The van der Waals surface area contributed by atoms with Crippen molar-refractivity contribution >= 4 is 5.71 Å². The van der Waals surface area contributed by atoms with Crippen LogP contribution in [0.1, 0.15) is 38.9 Å². The lowest BCUT2D eigenvalue weighted by molar-refractivity contribution is 0.0833. The molecule has 0 spiro atoms. The minimum atomic E-state index is -0.227. The van der Waals surface area contributed by atoms with E-state index < -0.39 is 0 Å². The summed E-state index contributed by atoms with van der Waals surface area (Å²) in [5, 5.41) is 14.2. The summed E-state index contributed by atoms with van der Waals surface area (Å²) in [4.78, 5) is 5.43. The van der Waals surface area contributed by atoms with Gasteiger partial charge in [0, 0.05) is 17.4 Å². The van der Waals surface area contributed by atoms with Crippen LogP contribution in [0.15, 0.2) is 23.4 Å². The van der Waals surface area contributed by atoms with E-state index in [-0.39, 0.29) is 17.3 Å². The van der Waals surface area contributed by atoms with Gasteiger partial charge in [-0.2, -0.15) is 0 Å². The van der Waals surface area contributed by atoms with Crippen molar-refractivity contribution in [3.8, 4) is 11.5 Å². The van der Waals surface area contributed by atoms with Crippen LogP contribution < -0.4 is 4.74 Å². The molecular weight excluding hydrogens is 230 g/mol. The molecule has 0 fully saturated rings. The molecule has 0 amide bonds. The van der Waals surface area contributed by atoms with Crippen LogP contribution >= 0.6 is 0 Å². The number of ether oxygens (including phenoxy) is 1. The number of rotatable bonds is 2. The Balaban J connectivity index is 2.22. The van der Waals surface area contributed by atoms with Gasteiger partial charge in [0.15, 0.2) is 17.6 Å². The lowest BCUT2D eigenvalue weighted by Gasteiger charge is -2.17. The molecule has 1 atom stereocenters. The third-order valence-electron chi connectivity index (χ3n) is 3.13. The molecule has 0 unspecified atom stereocenters. The van der Waals surface area contributed by atoms with E-state index in [1.165, 1.54) is 7.11 Å². The standard InChI is InChI=1S/C14H19NO3/c1-14(2,3)12-8-11(18-15-12)9-6-5-7-10(17-4)13(9)16/h5-7,11,16H,8H2,1-4H3/t11-/m0/s1. The van der Waals surface area contributed by atoms with Crippen LogP contribution in [0.4, 0.5) is 0 Å². The predicted molar refractivity (Wildman–Crippen MR) is 70.0 cm³/mol. The van der Waals surface area contributed by atoms with Gasteiger partial charge >= 0.3 is 0 Å². The van der Waals surface area contributed by atoms with Crippen LogP contribution in [0, 0.1) is 5.41 Å². The van der Waals surface area contributed by atoms with Gasteiger partial charge in [-0.25, -0.2) is 0 Å². The van der Waals surface area contributed by atoms with E-state index in [9.17, 15) is 5.11 Å². The highest BCUT2D eigenvalue weighted by Crippen LogP contribution is 2.40. The largest absolute Gasteiger partial charge is 0.504 e. The molecule has 4 heteroatoms. The van der Waals surface area contributed by atoms with Crippen molar-refractivity contribution in [2.75, 3.05) is 7.11 Å². The third-order valence-corrected chi connectivity index (χ3v) is 3.13. The van der Waals surface area contributed by atoms with Crippen LogP contribution in [-0.2, 0) is 4.84 Å². The zero-order valence-electron chi connectivity index (χ0n) is 11.2. The van der Waals surface area contributed by atoms with E-state index in [2.05, 4.69) is 25.9 Å². The van der Waals surface area contributed by atoms with E-state index >= 15 is 0 Å². The number of hydrogen-bond acceptors (Lipinski definition) is 4. The lowest BCUT2D eigenvalue weighted by atomic mass is 9.86. The number of nitrogens with zero attached hydrogens (tertiary/aromatic N) is 1. The third kappa shape index (κ3) is 2.28. The number of para-hydroxylation sites is 1. The van der Waals surface area contributed by atoms with Gasteiger partial charge in [0.1, 0.15) is 0 Å². The summed E-state index contributed by atoms with van der Waals surface area (Å²) < 4.78 is 5.10. The van der Waals surface area contributed by atoms with Crippen molar-refractivity contribution in [1.29, 1.82) is 0 Å². The first-order valence-electron chi connectivity index (χ1n) is 6.02. The summed E-state index contributed by atoms with van der Waals surface area (Å²) in [5.74, 6) is 0.593. The Labute approximate surface area is 107 Å². The fourth-order valence-electron chi connectivity index (χ4n) is 1.95. The summed E-state index contributed by atoms with van der Waals surface area (Å²) in [7, 11) is 1.53. The molecule has 4 nitrogen and oxygen atoms in total. The summed E-state index contributed by atoms with van der Waals surface area (Å²) in [6, 6.07) is 5.40. The molecule has 18 heavy (non-hydrogen) atoms. The van der Waals surface area contributed by atoms with E-state index in [1.54, 1.807) is 6.07 Å². The van der Waals surface area contributed by atoms with E-state index in [4.69, 9.17) is 9.57 Å². The predicted octanol–water partition coefficient (Wildman–Crippen LogP) is 3.26. The fourth-order valence-corrected chi connectivity index (χ4v) is 1.95. The molecule has 2 rings (SSSR count). The molecule has 1 aromatic rings. The van der Waals surface area contributed by atoms with Gasteiger partial charge in [-0.3, -0.25) is 0 Å². The van der Waals surface area contributed by atoms with Crippen LogP contribution in [0.2, 0.25) is 0 Å². The molecule has 0 aromatic heterocycles. The van der Waals surface area contributed by atoms with Gasteiger partial charge in [-0.1, -0.05) is 38.1 Å². The second kappa shape index (κ2) is 4.52. The molecule has 1 aliphatic heterocycles. The first kappa shape index (κ1) is 12.7. The van der Waals surface area contributed by atoms with Gasteiger partial charge < -0.3 is 14.7 Å². The molecular formula is C14H19NO3. The highest BCUT2D eigenvalue weighted by atomic mass is 16.6. The zero-order chi connectivity index (χ0) is 13.3. The number of benzene rings is 1. The van der Waals surface area contributed by atoms with Gasteiger partial charge in [-0.15, -0.1) is 0 Å².